The van der Waals surface area contributed by atoms with Crippen molar-refractivity contribution in [3.8, 4) is 11.5 Å². The Morgan fingerprint density at radius 1 is 1.22 bits per heavy atom. The predicted octanol–water partition coefficient (Wildman–Crippen LogP) is 2.55. The number of methoxy groups -OCH3 is 1. The highest BCUT2D eigenvalue weighted by Crippen LogP contribution is 2.20. The van der Waals surface area contributed by atoms with Crippen LogP contribution in [-0.2, 0) is 4.79 Å². The maximum atomic E-state index is 12.0. The lowest BCUT2D eigenvalue weighted by Gasteiger charge is -2.24. The molecule has 0 aliphatic carbocycles. The molecule has 1 amide bonds. The molecule has 0 spiro atoms. The third-order valence-corrected chi connectivity index (χ3v) is 4.17. The summed E-state index contributed by atoms with van der Waals surface area (Å²) in [5, 5.41) is 7.06. The molecule has 0 bridgehead atoms. The first-order valence-corrected chi connectivity index (χ1v) is 8.26. The van der Waals surface area contributed by atoms with Gasteiger partial charge in [0.05, 0.1) is 13.2 Å². The molecule has 1 N–H and O–H groups in total. The smallest absolute Gasteiger partial charge is 0.258 e. The number of carbonyl (C=O) groups is 1. The van der Waals surface area contributed by atoms with Crippen molar-refractivity contribution in [2.24, 2.45) is 0 Å². The number of thiophene rings is 1. The minimum absolute atomic E-state index is 0.00385. The van der Waals surface area contributed by atoms with Gasteiger partial charge in [0.1, 0.15) is 11.5 Å². The molecule has 5 nitrogen and oxygen atoms in total. The van der Waals surface area contributed by atoms with E-state index in [2.05, 4.69) is 21.7 Å². The number of benzene rings is 1. The van der Waals surface area contributed by atoms with Crippen LogP contribution in [0.15, 0.2) is 41.1 Å². The van der Waals surface area contributed by atoms with Crippen molar-refractivity contribution in [2.75, 3.05) is 34.4 Å². The molecule has 1 aromatic carbocycles. The van der Waals surface area contributed by atoms with Crippen molar-refractivity contribution in [1.29, 1.82) is 0 Å². The van der Waals surface area contributed by atoms with Gasteiger partial charge in [0, 0.05) is 6.54 Å². The van der Waals surface area contributed by atoms with E-state index >= 15 is 0 Å². The maximum absolute atomic E-state index is 12.0. The molecule has 2 aromatic rings. The standard InChI is InChI=1S/C17H22N2O3S/c1-19(2)16(13-8-9-23-12-13)10-18-17(20)11-22-15-6-4-14(21-3)5-7-15/h4-9,12,16H,10-11H2,1-3H3,(H,18,20). The van der Waals surface area contributed by atoms with Gasteiger partial charge in [0.15, 0.2) is 6.61 Å². The summed E-state index contributed by atoms with van der Waals surface area (Å²) in [6.45, 7) is 0.546. The fourth-order valence-corrected chi connectivity index (χ4v) is 2.85. The van der Waals surface area contributed by atoms with Gasteiger partial charge in [-0.25, -0.2) is 0 Å². The van der Waals surface area contributed by atoms with E-state index in [9.17, 15) is 4.79 Å². The minimum Gasteiger partial charge on any atom is -0.497 e. The molecular weight excluding hydrogens is 312 g/mol. The van der Waals surface area contributed by atoms with E-state index in [0.29, 0.717) is 12.3 Å². The number of likely N-dealkylation sites (N-methyl/N-ethyl adjacent to an activating group) is 1. The highest BCUT2D eigenvalue weighted by atomic mass is 32.1. The SMILES string of the molecule is COc1ccc(OCC(=O)NCC(c2ccsc2)N(C)C)cc1. The topological polar surface area (TPSA) is 50.8 Å². The average Bonchev–Trinajstić information content (AvgIpc) is 3.07. The molecule has 0 radical (unpaired) electrons. The average molecular weight is 334 g/mol. The number of ether oxygens (including phenoxy) is 2. The van der Waals surface area contributed by atoms with Crippen molar-refractivity contribution in [1.82, 2.24) is 10.2 Å². The molecule has 0 saturated carbocycles. The van der Waals surface area contributed by atoms with Gasteiger partial charge in [0.25, 0.3) is 5.91 Å². The van der Waals surface area contributed by atoms with Crippen LogP contribution in [0.25, 0.3) is 0 Å². The van der Waals surface area contributed by atoms with Gasteiger partial charge in [-0.3, -0.25) is 4.79 Å². The molecule has 0 aliphatic rings. The second-order valence-electron chi connectivity index (χ2n) is 5.30. The highest BCUT2D eigenvalue weighted by molar-refractivity contribution is 7.07. The first-order valence-electron chi connectivity index (χ1n) is 7.32. The number of nitrogens with zero attached hydrogens (tertiary/aromatic N) is 1. The number of amides is 1. The summed E-state index contributed by atoms with van der Waals surface area (Å²) in [6.07, 6.45) is 0. The van der Waals surface area contributed by atoms with E-state index in [-0.39, 0.29) is 18.6 Å². The zero-order valence-electron chi connectivity index (χ0n) is 13.6. The monoisotopic (exact) mass is 334 g/mol. The zero-order valence-corrected chi connectivity index (χ0v) is 14.4. The molecule has 23 heavy (non-hydrogen) atoms. The molecule has 124 valence electrons. The summed E-state index contributed by atoms with van der Waals surface area (Å²) in [5.41, 5.74) is 1.20. The molecule has 1 unspecified atom stereocenters. The summed E-state index contributed by atoms with van der Waals surface area (Å²) in [6, 6.07) is 9.39. The van der Waals surface area contributed by atoms with Gasteiger partial charge in [-0.1, -0.05) is 0 Å². The summed E-state index contributed by atoms with van der Waals surface area (Å²) in [5.74, 6) is 1.26. The van der Waals surface area contributed by atoms with Crippen LogP contribution in [0.2, 0.25) is 0 Å². The number of rotatable bonds is 8. The fourth-order valence-electron chi connectivity index (χ4n) is 2.15. The third kappa shape index (κ3) is 5.26. The van der Waals surface area contributed by atoms with Crippen LogP contribution >= 0.6 is 11.3 Å². The van der Waals surface area contributed by atoms with E-state index in [1.54, 1.807) is 42.7 Å². The normalized spacial score (nSPS) is 12.0. The van der Waals surface area contributed by atoms with Crippen LogP contribution in [-0.4, -0.2) is 45.2 Å². The van der Waals surface area contributed by atoms with Gasteiger partial charge >= 0.3 is 0 Å². The molecule has 1 heterocycles. The van der Waals surface area contributed by atoms with Gasteiger partial charge < -0.3 is 19.7 Å². The summed E-state index contributed by atoms with van der Waals surface area (Å²) < 4.78 is 10.6. The maximum Gasteiger partial charge on any atom is 0.258 e. The highest BCUT2D eigenvalue weighted by Gasteiger charge is 2.15. The quantitative estimate of drug-likeness (QED) is 0.806. The van der Waals surface area contributed by atoms with Crippen LogP contribution in [0, 0.1) is 0 Å². The Morgan fingerprint density at radius 3 is 2.48 bits per heavy atom. The van der Waals surface area contributed by atoms with Crippen LogP contribution in [0.1, 0.15) is 11.6 Å². The molecule has 2 rings (SSSR count). The van der Waals surface area contributed by atoms with Gasteiger partial charge in [0.2, 0.25) is 0 Å². The van der Waals surface area contributed by atoms with E-state index in [1.165, 1.54) is 5.56 Å². The molecule has 0 fully saturated rings. The number of hydrogen-bond acceptors (Lipinski definition) is 5. The number of carbonyl (C=O) groups excluding carboxylic acids is 1. The largest absolute Gasteiger partial charge is 0.497 e. The number of nitrogens with one attached hydrogen (secondary N) is 1. The summed E-state index contributed by atoms with van der Waals surface area (Å²) >= 11 is 1.66. The van der Waals surface area contributed by atoms with Crippen molar-refractivity contribution in [2.45, 2.75) is 6.04 Å². The molecule has 0 saturated heterocycles. The Morgan fingerprint density at radius 2 is 1.91 bits per heavy atom. The Hall–Kier alpha value is -2.05. The summed E-state index contributed by atoms with van der Waals surface area (Å²) in [7, 11) is 5.61. The second-order valence-corrected chi connectivity index (χ2v) is 6.08. The van der Waals surface area contributed by atoms with Gasteiger partial charge in [-0.15, -0.1) is 0 Å². The van der Waals surface area contributed by atoms with Crippen molar-refractivity contribution in [3.05, 3.63) is 46.7 Å². The second kappa shape index (κ2) is 8.55. The van der Waals surface area contributed by atoms with Crippen molar-refractivity contribution < 1.29 is 14.3 Å². The summed E-state index contributed by atoms with van der Waals surface area (Å²) in [4.78, 5) is 14.0. The van der Waals surface area contributed by atoms with Crippen LogP contribution in [0.4, 0.5) is 0 Å². The van der Waals surface area contributed by atoms with E-state index in [1.807, 2.05) is 19.5 Å². The Labute approximate surface area is 140 Å². The van der Waals surface area contributed by atoms with E-state index in [0.717, 1.165) is 5.75 Å². The lowest BCUT2D eigenvalue weighted by atomic mass is 10.1. The van der Waals surface area contributed by atoms with Crippen LogP contribution < -0.4 is 14.8 Å². The minimum atomic E-state index is -0.136. The predicted molar refractivity (Wildman–Crippen MR) is 92.2 cm³/mol. The molecule has 0 aliphatic heterocycles. The number of hydrogen-bond donors (Lipinski definition) is 1. The first-order chi connectivity index (χ1) is 11.1. The first kappa shape index (κ1) is 17.3. The van der Waals surface area contributed by atoms with Crippen molar-refractivity contribution in [3.63, 3.8) is 0 Å². The lowest BCUT2D eigenvalue weighted by molar-refractivity contribution is -0.123. The Kier molecular flexibility index (Phi) is 6.43. The lowest BCUT2D eigenvalue weighted by Crippen LogP contribution is -2.36. The fraction of sp³-hybridized carbons (Fsp3) is 0.353. The Bertz CT molecular complexity index is 597. The van der Waals surface area contributed by atoms with Crippen LogP contribution in [0.5, 0.6) is 11.5 Å². The third-order valence-electron chi connectivity index (χ3n) is 3.47. The van der Waals surface area contributed by atoms with Crippen LogP contribution in [0.3, 0.4) is 0 Å². The molecule has 1 aromatic heterocycles. The molecular formula is C17H22N2O3S. The van der Waals surface area contributed by atoms with Gasteiger partial charge in [-0.2, -0.15) is 11.3 Å². The molecule has 1 atom stereocenters. The van der Waals surface area contributed by atoms with E-state index < -0.39 is 0 Å². The molecule has 6 heteroatoms. The van der Waals surface area contributed by atoms with Crippen molar-refractivity contribution >= 4 is 17.2 Å². The van der Waals surface area contributed by atoms with E-state index in [4.69, 9.17) is 9.47 Å². The zero-order chi connectivity index (χ0) is 16.7. The van der Waals surface area contributed by atoms with Gasteiger partial charge in [-0.05, 0) is 60.8 Å². The Balaban J connectivity index is 1.79.